The van der Waals surface area contributed by atoms with E-state index in [1.807, 2.05) is 61.5 Å². The van der Waals surface area contributed by atoms with E-state index in [2.05, 4.69) is 26.7 Å². The zero-order valence-electron chi connectivity index (χ0n) is 19.7. The first-order chi connectivity index (χ1) is 16.5. The number of aromatic amines is 1. The Kier molecular flexibility index (Phi) is 6.29. The quantitative estimate of drug-likeness (QED) is 0.387. The molecule has 2 aromatic carbocycles. The summed E-state index contributed by atoms with van der Waals surface area (Å²) in [4.78, 5) is 31.9. The molecule has 0 saturated heterocycles. The zero-order valence-corrected chi connectivity index (χ0v) is 19.7. The first-order valence-corrected chi connectivity index (χ1v) is 12.0. The largest absolute Gasteiger partial charge is 0.362 e. The fourth-order valence-corrected chi connectivity index (χ4v) is 4.69. The molecule has 34 heavy (non-hydrogen) atoms. The molecule has 176 valence electrons. The third-order valence-corrected chi connectivity index (χ3v) is 6.46. The summed E-state index contributed by atoms with van der Waals surface area (Å²) < 4.78 is 0. The molecule has 2 aromatic heterocycles. The molecular weight excluding hydrogens is 426 g/mol. The van der Waals surface area contributed by atoms with Crippen molar-refractivity contribution in [1.29, 1.82) is 0 Å². The second-order valence-corrected chi connectivity index (χ2v) is 9.24. The Morgan fingerprint density at radius 2 is 1.65 bits per heavy atom. The molecule has 0 bridgehead atoms. The van der Waals surface area contributed by atoms with E-state index in [1.54, 1.807) is 0 Å². The minimum Gasteiger partial charge on any atom is -0.362 e. The molecule has 8 nitrogen and oxygen atoms in total. The number of fused-ring (bicyclic) bond motifs is 2. The molecule has 2 heterocycles. The molecule has 0 radical (unpaired) electrons. The minimum absolute atomic E-state index is 0.0883. The Morgan fingerprint density at radius 3 is 2.41 bits per heavy atom. The highest BCUT2D eigenvalue weighted by atomic mass is 16.1. The Balaban J connectivity index is 1.12. The number of aromatic nitrogens is 4. The topological polar surface area (TPSA) is 98.8 Å². The third kappa shape index (κ3) is 4.95. The number of rotatable bonds is 7. The summed E-state index contributed by atoms with van der Waals surface area (Å²) in [5.74, 6) is 2.53. The standard InChI is InChI=1S/C26H31N7O/c1-33(2)25-19-7-3-4-8-20(19)31-26(32-25)28-18-13-11-17(12-14-18)27-24(34)16-15-23-29-21-9-5-6-10-22(21)30-23/h3-10,17-18H,11-16H2,1-2H3,(H,27,34)(H,29,30)(H,28,31,32)/t17-,18+. The van der Waals surface area contributed by atoms with Gasteiger partial charge in [-0.25, -0.2) is 9.97 Å². The summed E-state index contributed by atoms with van der Waals surface area (Å²) in [6.07, 6.45) is 4.90. The lowest BCUT2D eigenvalue weighted by molar-refractivity contribution is -0.122. The van der Waals surface area contributed by atoms with Crippen LogP contribution in [0.4, 0.5) is 11.8 Å². The van der Waals surface area contributed by atoms with Crippen LogP contribution in [0.1, 0.15) is 37.9 Å². The molecule has 1 amide bonds. The van der Waals surface area contributed by atoms with Crippen LogP contribution in [0, 0.1) is 0 Å². The van der Waals surface area contributed by atoms with E-state index in [0.717, 1.165) is 59.3 Å². The average Bonchev–Trinajstić information content (AvgIpc) is 3.26. The molecule has 5 rings (SSSR count). The number of carbonyl (C=O) groups is 1. The van der Waals surface area contributed by atoms with E-state index in [1.165, 1.54) is 0 Å². The van der Waals surface area contributed by atoms with Crippen LogP contribution >= 0.6 is 0 Å². The van der Waals surface area contributed by atoms with Gasteiger partial charge in [-0.05, 0) is 49.9 Å². The van der Waals surface area contributed by atoms with Gasteiger partial charge < -0.3 is 20.5 Å². The van der Waals surface area contributed by atoms with E-state index in [9.17, 15) is 4.79 Å². The van der Waals surface area contributed by atoms with Crippen LogP contribution in [0.25, 0.3) is 21.9 Å². The van der Waals surface area contributed by atoms with E-state index in [-0.39, 0.29) is 11.9 Å². The van der Waals surface area contributed by atoms with E-state index in [0.29, 0.717) is 24.8 Å². The van der Waals surface area contributed by atoms with Gasteiger partial charge in [0.1, 0.15) is 11.6 Å². The molecule has 1 aliphatic carbocycles. The molecule has 0 aliphatic heterocycles. The molecule has 4 aromatic rings. The number of nitrogens with zero attached hydrogens (tertiary/aromatic N) is 4. The monoisotopic (exact) mass is 457 g/mol. The minimum atomic E-state index is 0.0883. The summed E-state index contributed by atoms with van der Waals surface area (Å²) in [6.45, 7) is 0. The molecule has 1 fully saturated rings. The lowest BCUT2D eigenvalue weighted by atomic mass is 9.91. The summed E-state index contributed by atoms with van der Waals surface area (Å²) in [5, 5.41) is 7.78. The summed E-state index contributed by atoms with van der Waals surface area (Å²) >= 11 is 0. The predicted octanol–water partition coefficient (Wildman–Crippen LogP) is 4.04. The summed E-state index contributed by atoms with van der Waals surface area (Å²) in [6, 6.07) is 16.5. The summed E-state index contributed by atoms with van der Waals surface area (Å²) in [5.41, 5.74) is 2.89. The van der Waals surface area contributed by atoms with Crippen molar-refractivity contribution in [2.75, 3.05) is 24.3 Å². The van der Waals surface area contributed by atoms with E-state index in [4.69, 9.17) is 9.97 Å². The van der Waals surface area contributed by atoms with Crippen molar-refractivity contribution >= 4 is 39.6 Å². The molecule has 1 aliphatic rings. The normalized spacial score (nSPS) is 18.2. The number of anilines is 2. The number of imidazole rings is 1. The van der Waals surface area contributed by atoms with Crippen molar-refractivity contribution in [3.63, 3.8) is 0 Å². The van der Waals surface area contributed by atoms with Crippen molar-refractivity contribution in [3.8, 4) is 0 Å². The number of benzene rings is 2. The van der Waals surface area contributed by atoms with Gasteiger partial charge in [-0.1, -0.05) is 24.3 Å². The van der Waals surface area contributed by atoms with Gasteiger partial charge in [-0.3, -0.25) is 4.79 Å². The molecule has 0 atom stereocenters. The highest BCUT2D eigenvalue weighted by Gasteiger charge is 2.23. The average molecular weight is 458 g/mol. The first-order valence-electron chi connectivity index (χ1n) is 12.0. The van der Waals surface area contributed by atoms with Crippen molar-refractivity contribution in [2.45, 2.75) is 50.6 Å². The van der Waals surface area contributed by atoms with Gasteiger partial charge in [-0.15, -0.1) is 0 Å². The van der Waals surface area contributed by atoms with Crippen molar-refractivity contribution < 1.29 is 4.79 Å². The Labute approximate surface area is 199 Å². The molecule has 0 unspecified atom stereocenters. The van der Waals surface area contributed by atoms with Gasteiger partial charge in [0.05, 0.1) is 16.6 Å². The highest BCUT2D eigenvalue weighted by molar-refractivity contribution is 5.90. The van der Waals surface area contributed by atoms with Gasteiger partial charge in [0.25, 0.3) is 0 Å². The van der Waals surface area contributed by atoms with Crippen LogP contribution in [-0.4, -0.2) is 52.0 Å². The Morgan fingerprint density at radius 1 is 0.941 bits per heavy atom. The van der Waals surface area contributed by atoms with Gasteiger partial charge in [0.15, 0.2) is 0 Å². The number of hydrogen-bond acceptors (Lipinski definition) is 6. The van der Waals surface area contributed by atoms with E-state index >= 15 is 0 Å². The van der Waals surface area contributed by atoms with Crippen LogP contribution in [0.3, 0.4) is 0 Å². The second-order valence-electron chi connectivity index (χ2n) is 9.24. The molecule has 1 saturated carbocycles. The molecule has 0 spiro atoms. The maximum absolute atomic E-state index is 12.5. The van der Waals surface area contributed by atoms with Crippen molar-refractivity contribution in [3.05, 3.63) is 54.4 Å². The first kappa shape index (κ1) is 22.1. The highest BCUT2D eigenvalue weighted by Crippen LogP contribution is 2.26. The SMILES string of the molecule is CN(C)c1nc(N[C@H]2CC[C@@H](NC(=O)CCc3nc4ccccc4[nH]3)CC2)nc2ccccc12. The number of nitrogens with one attached hydrogen (secondary N) is 3. The Hall–Kier alpha value is -3.68. The van der Waals surface area contributed by atoms with Gasteiger partial charge in [-0.2, -0.15) is 4.98 Å². The fraction of sp³-hybridized carbons (Fsp3) is 0.385. The van der Waals surface area contributed by atoms with Crippen LogP contribution < -0.4 is 15.5 Å². The van der Waals surface area contributed by atoms with Crippen molar-refractivity contribution in [2.24, 2.45) is 0 Å². The third-order valence-electron chi connectivity index (χ3n) is 6.46. The molecule has 3 N–H and O–H groups in total. The number of H-pyrrole nitrogens is 1. The lowest BCUT2D eigenvalue weighted by Crippen LogP contribution is -2.40. The zero-order chi connectivity index (χ0) is 23.5. The maximum Gasteiger partial charge on any atom is 0.225 e. The molecular formula is C26H31N7O. The predicted molar refractivity (Wildman–Crippen MR) is 136 cm³/mol. The maximum atomic E-state index is 12.5. The number of para-hydroxylation sites is 3. The summed E-state index contributed by atoms with van der Waals surface area (Å²) in [7, 11) is 4.00. The van der Waals surface area contributed by atoms with Crippen LogP contribution in [-0.2, 0) is 11.2 Å². The number of aryl methyl sites for hydroxylation is 1. The number of amides is 1. The fourth-order valence-electron chi connectivity index (χ4n) is 4.69. The van der Waals surface area contributed by atoms with Crippen LogP contribution in [0.2, 0.25) is 0 Å². The van der Waals surface area contributed by atoms with Gasteiger partial charge >= 0.3 is 0 Å². The molecule has 8 heteroatoms. The lowest BCUT2D eigenvalue weighted by Gasteiger charge is -2.30. The van der Waals surface area contributed by atoms with Gasteiger partial charge in [0.2, 0.25) is 11.9 Å². The van der Waals surface area contributed by atoms with E-state index < -0.39 is 0 Å². The number of hydrogen-bond donors (Lipinski definition) is 3. The smallest absolute Gasteiger partial charge is 0.225 e. The number of carbonyl (C=O) groups excluding carboxylic acids is 1. The van der Waals surface area contributed by atoms with Crippen LogP contribution in [0.5, 0.6) is 0 Å². The van der Waals surface area contributed by atoms with Crippen molar-refractivity contribution in [1.82, 2.24) is 25.3 Å². The second kappa shape index (κ2) is 9.67. The Bertz CT molecular complexity index is 1260. The van der Waals surface area contributed by atoms with Crippen LogP contribution in [0.15, 0.2) is 48.5 Å². The van der Waals surface area contributed by atoms with Gasteiger partial charge in [0, 0.05) is 44.4 Å².